The molecule has 1 aliphatic rings. The molecule has 7 nitrogen and oxygen atoms in total. The fourth-order valence-corrected chi connectivity index (χ4v) is 3.51. The van der Waals surface area contributed by atoms with Crippen LogP contribution in [0.3, 0.4) is 0 Å². The number of nitrogens with zero attached hydrogens (tertiary/aromatic N) is 1. The van der Waals surface area contributed by atoms with Crippen molar-refractivity contribution in [3.05, 3.63) is 45.6 Å². The first-order valence-corrected chi connectivity index (χ1v) is 9.54. The van der Waals surface area contributed by atoms with Crippen LogP contribution in [0.25, 0.3) is 0 Å². The van der Waals surface area contributed by atoms with E-state index in [0.717, 1.165) is 5.69 Å². The summed E-state index contributed by atoms with van der Waals surface area (Å²) in [5, 5.41) is 5.45. The van der Waals surface area contributed by atoms with Gasteiger partial charge in [-0.3, -0.25) is 14.4 Å². The second-order valence-corrected chi connectivity index (χ2v) is 7.52. The Morgan fingerprint density at radius 3 is 2.63 bits per heavy atom. The molecule has 0 radical (unpaired) electrons. The molecular weight excluding hydrogens is 390 g/mol. The second kappa shape index (κ2) is 8.98. The molecule has 3 rings (SSSR count). The van der Waals surface area contributed by atoms with Gasteiger partial charge in [-0.15, -0.1) is 11.3 Å². The number of halogens is 1. The standard InChI is InChI=1S/C18H18ClN3O4S/c19-15-6-5-14(27-15)18(25)20-8-7-16(23)21-12-1-3-13(4-2-12)22-9-10-26-11-17(22)24/h1-6H,7-11H2,(H,20,25)(H,21,23). The quantitative estimate of drug-likeness (QED) is 0.770. The number of hydrogen-bond acceptors (Lipinski definition) is 5. The Labute approximate surface area is 165 Å². The van der Waals surface area contributed by atoms with Gasteiger partial charge in [0.1, 0.15) is 6.61 Å². The van der Waals surface area contributed by atoms with Crippen LogP contribution in [-0.4, -0.2) is 44.0 Å². The van der Waals surface area contributed by atoms with Crippen LogP contribution in [0.5, 0.6) is 0 Å². The Hall–Kier alpha value is -2.42. The zero-order chi connectivity index (χ0) is 19.2. The molecule has 2 N–H and O–H groups in total. The zero-order valence-electron chi connectivity index (χ0n) is 14.4. The van der Waals surface area contributed by atoms with Crippen LogP contribution in [0.2, 0.25) is 4.34 Å². The van der Waals surface area contributed by atoms with E-state index in [-0.39, 0.29) is 37.3 Å². The van der Waals surface area contributed by atoms with E-state index in [1.165, 1.54) is 11.3 Å². The minimum absolute atomic E-state index is 0.0826. The number of anilines is 2. The maximum Gasteiger partial charge on any atom is 0.261 e. The third kappa shape index (κ3) is 5.29. The van der Waals surface area contributed by atoms with Crippen molar-refractivity contribution < 1.29 is 19.1 Å². The SMILES string of the molecule is O=C(CCNC(=O)c1ccc(Cl)s1)Nc1ccc(N2CCOCC2=O)cc1. The molecule has 1 aliphatic heterocycles. The molecule has 0 unspecified atom stereocenters. The molecule has 1 saturated heterocycles. The number of carbonyl (C=O) groups is 3. The summed E-state index contributed by atoms with van der Waals surface area (Å²) in [5.41, 5.74) is 1.39. The predicted octanol–water partition coefficient (Wildman–Crippen LogP) is 2.52. The number of hydrogen-bond donors (Lipinski definition) is 2. The van der Waals surface area contributed by atoms with Crippen LogP contribution >= 0.6 is 22.9 Å². The summed E-state index contributed by atoms with van der Waals surface area (Å²) in [4.78, 5) is 37.9. The molecule has 1 fully saturated rings. The molecule has 142 valence electrons. The highest BCUT2D eigenvalue weighted by atomic mass is 35.5. The monoisotopic (exact) mass is 407 g/mol. The highest BCUT2D eigenvalue weighted by Crippen LogP contribution is 2.21. The van der Waals surface area contributed by atoms with Crippen molar-refractivity contribution in [3.8, 4) is 0 Å². The largest absolute Gasteiger partial charge is 0.370 e. The molecule has 1 aromatic heterocycles. The summed E-state index contributed by atoms with van der Waals surface area (Å²) in [6.07, 6.45) is 0.147. The topological polar surface area (TPSA) is 87.7 Å². The summed E-state index contributed by atoms with van der Waals surface area (Å²) in [5.74, 6) is -0.547. The third-order valence-electron chi connectivity index (χ3n) is 3.88. The van der Waals surface area contributed by atoms with Crippen molar-refractivity contribution in [2.45, 2.75) is 6.42 Å². The van der Waals surface area contributed by atoms with Crippen LogP contribution < -0.4 is 15.5 Å². The molecule has 0 bridgehead atoms. The Kier molecular flexibility index (Phi) is 6.44. The number of rotatable bonds is 6. The molecule has 2 aromatic rings. The fraction of sp³-hybridized carbons (Fsp3) is 0.278. The number of benzene rings is 1. The molecule has 2 heterocycles. The average molecular weight is 408 g/mol. The van der Waals surface area contributed by atoms with Gasteiger partial charge in [0.2, 0.25) is 5.91 Å². The summed E-state index contributed by atoms with van der Waals surface area (Å²) in [7, 11) is 0. The van der Waals surface area contributed by atoms with Gasteiger partial charge in [0.15, 0.2) is 0 Å². The van der Waals surface area contributed by atoms with E-state index in [0.29, 0.717) is 28.1 Å². The third-order valence-corrected chi connectivity index (χ3v) is 5.11. The maximum absolute atomic E-state index is 12.0. The molecule has 0 aliphatic carbocycles. The molecule has 0 atom stereocenters. The van der Waals surface area contributed by atoms with E-state index < -0.39 is 0 Å². The first kappa shape index (κ1) is 19.3. The molecule has 3 amide bonds. The van der Waals surface area contributed by atoms with E-state index in [4.69, 9.17) is 16.3 Å². The molecule has 0 saturated carbocycles. The van der Waals surface area contributed by atoms with E-state index in [9.17, 15) is 14.4 Å². The normalized spacial score (nSPS) is 14.1. The van der Waals surface area contributed by atoms with E-state index in [1.54, 1.807) is 41.3 Å². The van der Waals surface area contributed by atoms with Gasteiger partial charge in [-0.1, -0.05) is 11.6 Å². The van der Waals surface area contributed by atoms with E-state index >= 15 is 0 Å². The van der Waals surface area contributed by atoms with Crippen molar-refractivity contribution in [1.82, 2.24) is 5.32 Å². The number of carbonyl (C=O) groups excluding carboxylic acids is 3. The number of nitrogens with one attached hydrogen (secondary N) is 2. The van der Waals surface area contributed by atoms with Crippen molar-refractivity contribution in [1.29, 1.82) is 0 Å². The highest BCUT2D eigenvalue weighted by molar-refractivity contribution is 7.17. The van der Waals surface area contributed by atoms with Gasteiger partial charge in [-0.05, 0) is 36.4 Å². The van der Waals surface area contributed by atoms with Crippen molar-refractivity contribution in [2.24, 2.45) is 0 Å². The lowest BCUT2D eigenvalue weighted by Crippen LogP contribution is -2.41. The Bertz CT molecular complexity index is 837. The van der Waals surface area contributed by atoms with Gasteiger partial charge in [-0.25, -0.2) is 0 Å². The van der Waals surface area contributed by atoms with Crippen molar-refractivity contribution in [3.63, 3.8) is 0 Å². The first-order chi connectivity index (χ1) is 13.0. The summed E-state index contributed by atoms with van der Waals surface area (Å²) in [6, 6.07) is 10.3. The van der Waals surface area contributed by atoms with E-state index in [2.05, 4.69) is 10.6 Å². The van der Waals surface area contributed by atoms with Crippen molar-refractivity contribution >= 4 is 52.0 Å². The van der Waals surface area contributed by atoms with Crippen LogP contribution in [0.15, 0.2) is 36.4 Å². The highest BCUT2D eigenvalue weighted by Gasteiger charge is 2.20. The van der Waals surface area contributed by atoms with Gasteiger partial charge >= 0.3 is 0 Å². The number of morpholine rings is 1. The molecule has 27 heavy (non-hydrogen) atoms. The lowest BCUT2D eigenvalue weighted by molar-refractivity contribution is -0.125. The van der Waals surface area contributed by atoms with Crippen LogP contribution in [0, 0.1) is 0 Å². The lowest BCUT2D eigenvalue weighted by Gasteiger charge is -2.26. The van der Waals surface area contributed by atoms with Gasteiger partial charge in [0, 0.05) is 30.9 Å². The van der Waals surface area contributed by atoms with Gasteiger partial charge in [0.25, 0.3) is 11.8 Å². The second-order valence-electron chi connectivity index (χ2n) is 5.80. The minimum Gasteiger partial charge on any atom is -0.370 e. The lowest BCUT2D eigenvalue weighted by atomic mass is 10.2. The van der Waals surface area contributed by atoms with Gasteiger partial charge in [0.05, 0.1) is 15.8 Å². The van der Waals surface area contributed by atoms with Crippen LogP contribution in [0.4, 0.5) is 11.4 Å². The number of amides is 3. The zero-order valence-corrected chi connectivity index (χ0v) is 15.9. The summed E-state index contributed by atoms with van der Waals surface area (Å²) in [6.45, 7) is 1.33. The molecule has 0 spiro atoms. The fourth-order valence-electron chi connectivity index (χ4n) is 2.55. The van der Waals surface area contributed by atoms with Gasteiger partial charge < -0.3 is 20.3 Å². The summed E-state index contributed by atoms with van der Waals surface area (Å²) < 4.78 is 5.65. The first-order valence-electron chi connectivity index (χ1n) is 8.34. The number of thiophene rings is 1. The molecule has 9 heteroatoms. The Morgan fingerprint density at radius 2 is 1.96 bits per heavy atom. The Balaban J connectivity index is 1.45. The maximum atomic E-state index is 12.0. The molecule has 1 aromatic carbocycles. The van der Waals surface area contributed by atoms with Crippen LogP contribution in [0.1, 0.15) is 16.1 Å². The smallest absolute Gasteiger partial charge is 0.261 e. The predicted molar refractivity (Wildman–Crippen MR) is 105 cm³/mol. The Morgan fingerprint density at radius 1 is 1.19 bits per heavy atom. The average Bonchev–Trinajstić information content (AvgIpc) is 3.09. The molecular formula is C18H18ClN3O4S. The van der Waals surface area contributed by atoms with E-state index in [1.807, 2.05) is 0 Å². The van der Waals surface area contributed by atoms with Crippen LogP contribution in [-0.2, 0) is 14.3 Å². The van der Waals surface area contributed by atoms with Gasteiger partial charge in [-0.2, -0.15) is 0 Å². The van der Waals surface area contributed by atoms with Crippen molar-refractivity contribution in [2.75, 3.05) is 36.5 Å². The number of ether oxygens (including phenoxy) is 1. The summed E-state index contributed by atoms with van der Waals surface area (Å²) >= 11 is 6.98. The minimum atomic E-state index is -0.251.